The minimum atomic E-state index is -0.785. The lowest BCUT2D eigenvalue weighted by molar-refractivity contribution is -0.143. The lowest BCUT2D eigenvalue weighted by Crippen LogP contribution is -2.45. The van der Waals surface area contributed by atoms with Crippen LogP contribution in [0, 0.1) is 5.92 Å². The molecular weight excluding hydrogens is 262 g/mol. The van der Waals surface area contributed by atoms with Crippen LogP contribution >= 0.6 is 0 Å². The Hall–Kier alpha value is -1.30. The van der Waals surface area contributed by atoms with Gasteiger partial charge in [-0.25, -0.2) is 4.79 Å². The summed E-state index contributed by atoms with van der Waals surface area (Å²) in [4.78, 5) is 24.8. The van der Waals surface area contributed by atoms with Gasteiger partial charge < -0.3 is 19.5 Å². The fraction of sp³-hybridized carbons (Fsp3) is 0.857. The van der Waals surface area contributed by atoms with Crippen LogP contribution in [0.15, 0.2) is 0 Å². The molecule has 1 aliphatic heterocycles. The maximum Gasteiger partial charge on any atom is 0.410 e. The molecule has 1 aliphatic rings. The van der Waals surface area contributed by atoms with E-state index in [2.05, 4.69) is 4.74 Å². The Labute approximate surface area is 120 Å². The molecule has 0 spiro atoms. The zero-order valence-corrected chi connectivity index (χ0v) is 12.7. The summed E-state index contributed by atoms with van der Waals surface area (Å²) in [6.07, 6.45) is 0.392. The smallest absolute Gasteiger partial charge is 0.410 e. The molecule has 1 rings (SSSR count). The molecule has 0 aromatic rings. The summed E-state index contributed by atoms with van der Waals surface area (Å²) in [6.45, 7) is 6.48. The fourth-order valence-electron chi connectivity index (χ4n) is 2.24. The molecule has 0 bridgehead atoms. The van der Waals surface area contributed by atoms with Gasteiger partial charge >= 0.3 is 12.1 Å². The van der Waals surface area contributed by atoms with Crippen molar-refractivity contribution < 1.29 is 24.2 Å². The van der Waals surface area contributed by atoms with Crippen molar-refractivity contribution in [3.05, 3.63) is 0 Å². The number of amides is 1. The second-order valence-corrected chi connectivity index (χ2v) is 6.18. The topological polar surface area (TPSA) is 76.1 Å². The zero-order valence-electron chi connectivity index (χ0n) is 12.7. The van der Waals surface area contributed by atoms with Crippen molar-refractivity contribution in [3.8, 4) is 0 Å². The van der Waals surface area contributed by atoms with E-state index in [1.165, 1.54) is 7.11 Å². The number of rotatable bonds is 3. The number of methoxy groups -OCH3 is 1. The van der Waals surface area contributed by atoms with Gasteiger partial charge in [-0.3, -0.25) is 4.79 Å². The van der Waals surface area contributed by atoms with Crippen molar-refractivity contribution in [2.24, 2.45) is 5.92 Å². The van der Waals surface area contributed by atoms with Crippen LogP contribution in [0.3, 0.4) is 0 Å². The minimum absolute atomic E-state index is 0.0384. The van der Waals surface area contributed by atoms with Crippen molar-refractivity contribution in [2.75, 3.05) is 20.2 Å². The summed E-state index contributed by atoms with van der Waals surface area (Å²) >= 11 is 0. The molecule has 116 valence electrons. The predicted octanol–water partition coefficient (Wildman–Crippen LogP) is 1.56. The highest BCUT2D eigenvalue weighted by Gasteiger charge is 2.31. The highest BCUT2D eigenvalue weighted by Crippen LogP contribution is 2.23. The van der Waals surface area contributed by atoms with Crippen molar-refractivity contribution >= 4 is 12.1 Å². The number of esters is 1. The number of hydrogen-bond donors (Lipinski definition) is 1. The molecule has 1 fully saturated rings. The molecule has 0 aromatic carbocycles. The quantitative estimate of drug-likeness (QED) is 0.797. The van der Waals surface area contributed by atoms with Gasteiger partial charge in [0, 0.05) is 19.0 Å². The van der Waals surface area contributed by atoms with Gasteiger partial charge in [0.1, 0.15) is 5.60 Å². The monoisotopic (exact) mass is 287 g/mol. The van der Waals surface area contributed by atoms with Gasteiger partial charge in [0.25, 0.3) is 0 Å². The first-order chi connectivity index (χ1) is 9.23. The van der Waals surface area contributed by atoms with E-state index >= 15 is 0 Å². The number of hydrogen-bond acceptors (Lipinski definition) is 5. The molecule has 1 saturated heterocycles. The van der Waals surface area contributed by atoms with Gasteiger partial charge in [-0.05, 0) is 33.6 Å². The second-order valence-electron chi connectivity index (χ2n) is 6.18. The zero-order chi connectivity index (χ0) is 15.3. The van der Waals surface area contributed by atoms with E-state index in [0.717, 1.165) is 12.8 Å². The Morgan fingerprint density at radius 1 is 1.40 bits per heavy atom. The van der Waals surface area contributed by atoms with Crippen molar-refractivity contribution in [1.82, 2.24) is 4.90 Å². The summed E-state index contributed by atoms with van der Waals surface area (Å²) in [7, 11) is 1.29. The van der Waals surface area contributed by atoms with Crippen LogP contribution in [0.25, 0.3) is 0 Å². The van der Waals surface area contributed by atoms with Crippen LogP contribution in [0.2, 0.25) is 0 Å². The van der Waals surface area contributed by atoms with Gasteiger partial charge in [0.15, 0.2) is 0 Å². The first kappa shape index (κ1) is 16.8. The summed E-state index contributed by atoms with van der Waals surface area (Å²) in [5.41, 5.74) is -0.533. The lowest BCUT2D eigenvalue weighted by Gasteiger charge is -2.35. The Morgan fingerprint density at radius 2 is 2.05 bits per heavy atom. The maximum atomic E-state index is 12.0. The largest absolute Gasteiger partial charge is 0.469 e. The summed E-state index contributed by atoms with van der Waals surface area (Å²) in [6, 6.07) is 0. The Morgan fingerprint density at radius 3 is 2.60 bits per heavy atom. The highest BCUT2D eigenvalue weighted by atomic mass is 16.6. The first-order valence-electron chi connectivity index (χ1n) is 6.95. The van der Waals surface area contributed by atoms with Gasteiger partial charge in [-0.1, -0.05) is 0 Å². The van der Waals surface area contributed by atoms with E-state index in [-0.39, 0.29) is 18.4 Å². The van der Waals surface area contributed by atoms with E-state index in [1.807, 2.05) is 20.8 Å². The number of carbonyl (C=O) groups excluding carboxylic acids is 2. The lowest BCUT2D eigenvalue weighted by atomic mass is 9.91. The molecule has 0 unspecified atom stereocenters. The predicted molar refractivity (Wildman–Crippen MR) is 73.2 cm³/mol. The van der Waals surface area contributed by atoms with E-state index in [0.29, 0.717) is 13.1 Å². The summed E-state index contributed by atoms with van der Waals surface area (Å²) < 4.78 is 9.87. The highest BCUT2D eigenvalue weighted by molar-refractivity contribution is 5.70. The third-order valence-corrected chi connectivity index (χ3v) is 3.26. The van der Waals surface area contributed by atoms with Crippen molar-refractivity contribution in [3.63, 3.8) is 0 Å². The number of likely N-dealkylation sites (tertiary alicyclic amines) is 1. The molecule has 1 amide bonds. The molecule has 2 atom stereocenters. The van der Waals surface area contributed by atoms with Crippen LogP contribution in [-0.4, -0.2) is 54.0 Å². The summed E-state index contributed by atoms with van der Waals surface area (Å²) in [5.74, 6) is -0.553. The van der Waals surface area contributed by atoms with E-state index in [1.54, 1.807) is 4.90 Å². The average molecular weight is 287 g/mol. The van der Waals surface area contributed by atoms with Crippen LogP contribution < -0.4 is 0 Å². The van der Waals surface area contributed by atoms with Crippen molar-refractivity contribution in [2.45, 2.75) is 51.7 Å². The normalized spacial score (nSPS) is 21.2. The SMILES string of the molecule is COC(=O)C[C@H](O)[C@H]1CCCN(C(=O)OC(C)(C)C)C1. The van der Waals surface area contributed by atoms with Crippen LogP contribution in [0.1, 0.15) is 40.0 Å². The number of piperidine rings is 1. The molecule has 1 N–H and O–H groups in total. The average Bonchev–Trinajstić information content (AvgIpc) is 2.36. The fourth-order valence-corrected chi connectivity index (χ4v) is 2.24. The summed E-state index contributed by atoms with van der Waals surface area (Å²) in [5, 5.41) is 10.0. The number of aliphatic hydroxyl groups excluding tert-OH is 1. The second kappa shape index (κ2) is 6.92. The van der Waals surface area contributed by atoms with Gasteiger partial charge in [0.2, 0.25) is 0 Å². The van der Waals surface area contributed by atoms with Crippen LogP contribution in [0.4, 0.5) is 4.79 Å². The number of carbonyl (C=O) groups is 2. The number of nitrogens with zero attached hydrogens (tertiary/aromatic N) is 1. The van der Waals surface area contributed by atoms with Crippen LogP contribution in [-0.2, 0) is 14.3 Å². The van der Waals surface area contributed by atoms with E-state index in [9.17, 15) is 14.7 Å². The molecule has 0 aliphatic carbocycles. The Kier molecular flexibility index (Phi) is 5.80. The molecule has 0 aromatic heterocycles. The Bertz CT molecular complexity index is 350. The molecular formula is C14H25NO5. The third-order valence-electron chi connectivity index (χ3n) is 3.26. The molecule has 6 heteroatoms. The molecule has 0 saturated carbocycles. The van der Waals surface area contributed by atoms with Gasteiger partial charge in [0.05, 0.1) is 19.6 Å². The molecule has 6 nitrogen and oxygen atoms in total. The number of ether oxygens (including phenoxy) is 2. The molecule has 20 heavy (non-hydrogen) atoms. The van der Waals surface area contributed by atoms with Crippen LogP contribution in [0.5, 0.6) is 0 Å². The maximum absolute atomic E-state index is 12.0. The minimum Gasteiger partial charge on any atom is -0.469 e. The third kappa shape index (κ3) is 5.36. The molecule has 1 heterocycles. The van der Waals surface area contributed by atoms with Crippen molar-refractivity contribution in [1.29, 1.82) is 0 Å². The number of aliphatic hydroxyl groups is 1. The Balaban J connectivity index is 2.53. The van der Waals surface area contributed by atoms with E-state index < -0.39 is 17.7 Å². The standard InChI is InChI=1S/C14H25NO5/c1-14(2,3)20-13(18)15-7-5-6-10(9-15)11(16)8-12(17)19-4/h10-11,16H,5-9H2,1-4H3/t10-,11-/m0/s1. The van der Waals surface area contributed by atoms with E-state index in [4.69, 9.17) is 4.74 Å². The van der Waals surface area contributed by atoms with Gasteiger partial charge in [-0.15, -0.1) is 0 Å². The first-order valence-corrected chi connectivity index (χ1v) is 6.95. The molecule has 0 radical (unpaired) electrons. The van der Waals surface area contributed by atoms with Gasteiger partial charge in [-0.2, -0.15) is 0 Å².